The van der Waals surface area contributed by atoms with Crippen molar-refractivity contribution in [3.05, 3.63) is 59.7 Å². The topological polar surface area (TPSA) is 87.7 Å². The molecule has 0 bridgehead atoms. The number of nitrogens with one attached hydrogen (secondary N) is 2. The van der Waals surface area contributed by atoms with Gasteiger partial charge in [0.1, 0.15) is 5.75 Å². The smallest absolute Gasteiger partial charge is 0.406 e. The molecule has 2 rings (SSSR count). The normalized spacial score (nSPS) is 12.1. The van der Waals surface area contributed by atoms with Gasteiger partial charge < -0.3 is 15.0 Å². The third-order valence-electron chi connectivity index (χ3n) is 4.09. The zero-order valence-electron chi connectivity index (χ0n) is 17.1. The van der Waals surface area contributed by atoms with Crippen molar-refractivity contribution in [2.24, 2.45) is 0 Å². The van der Waals surface area contributed by atoms with Gasteiger partial charge in [0.05, 0.1) is 4.90 Å². The number of hydrogen-bond acceptors (Lipinski definition) is 5. The van der Waals surface area contributed by atoms with Crippen LogP contribution in [0.1, 0.15) is 17.5 Å². The molecule has 170 valence electrons. The van der Waals surface area contributed by atoms with Crippen LogP contribution < -0.4 is 14.8 Å². The third kappa shape index (κ3) is 8.56. The Morgan fingerprint density at radius 3 is 2.23 bits per heavy atom. The first-order valence-electron chi connectivity index (χ1n) is 9.30. The fourth-order valence-electron chi connectivity index (χ4n) is 2.71. The Bertz CT molecular complexity index is 978. The number of hydrogen-bond donors (Lipinski definition) is 2. The number of halogens is 3. The van der Waals surface area contributed by atoms with Crippen LogP contribution in [0.4, 0.5) is 13.2 Å². The number of nitrogens with zero attached hydrogens (tertiary/aromatic N) is 1. The van der Waals surface area contributed by atoms with Gasteiger partial charge in [0, 0.05) is 26.1 Å². The molecule has 2 aromatic rings. The summed E-state index contributed by atoms with van der Waals surface area (Å²) in [5, 5.41) is 2.75. The maximum absolute atomic E-state index is 12.2. The van der Waals surface area contributed by atoms with Gasteiger partial charge in [-0.3, -0.25) is 4.79 Å². The summed E-state index contributed by atoms with van der Waals surface area (Å²) in [6.07, 6.45) is -4.96. The molecule has 2 aromatic carbocycles. The summed E-state index contributed by atoms with van der Waals surface area (Å²) in [7, 11) is -0.0904. The first kappa shape index (κ1) is 24.6. The summed E-state index contributed by atoms with van der Waals surface area (Å²) in [6, 6.07) is 11.5. The van der Waals surface area contributed by atoms with Crippen molar-refractivity contribution in [2.45, 2.75) is 30.8 Å². The van der Waals surface area contributed by atoms with E-state index in [1.807, 2.05) is 43.3 Å². The SMILES string of the molecule is CN(C)Cc1ccccc1CNC(=O)CCNS(=O)(=O)c1ccc(OC(F)(F)F)cc1. The van der Waals surface area contributed by atoms with Crippen LogP contribution in [0.3, 0.4) is 0 Å². The number of carbonyl (C=O) groups excluding carboxylic acids is 1. The molecule has 0 aliphatic carbocycles. The van der Waals surface area contributed by atoms with Crippen LogP contribution >= 0.6 is 0 Å². The van der Waals surface area contributed by atoms with Gasteiger partial charge in [0.15, 0.2) is 0 Å². The first-order valence-corrected chi connectivity index (χ1v) is 10.8. The largest absolute Gasteiger partial charge is 0.573 e. The van der Waals surface area contributed by atoms with E-state index in [-0.39, 0.29) is 23.8 Å². The lowest BCUT2D eigenvalue weighted by molar-refractivity contribution is -0.274. The Labute approximate surface area is 179 Å². The summed E-state index contributed by atoms with van der Waals surface area (Å²) >= 11 is 0. The van der Waals surface area contributed by atoms with Gasteiger partial charge >= 0.3 is 6.36 Å². The average molecular weight is 459 g/mol. The maximum Gasteiger partial charge on any atom is 0.573 e. The van der Waals surface area contributed by atoms with Crippen molar-refractivity contribution < 1.29 is 31.1 Å². The quantitative estimate of drug-likeness (QED) is 0.571. The second kappa shape index (κ2) is 10.6. The van der Waals surface area contributed by atoms with Crippen LogP contribution in [0.15, 0.2) is 53.4 Å². The van der Waals surface area contributed by atoms with Crippen LogP contribution in [0.2, 0.25) is 0 Å². The van der Waals surface area contributed by atoms with Crippen LogP contribution in [-0.2, 0) is 27.9 Å². The van der Waals surface area contributed by atoms with Gasteiger partial charge in [-0.25, -0.2) is 13.1 Å². The molecule has 0 unspecified atom stereocenters. The fourth-order valence-corrected chi connectivity index (χ4v) is 3.74. The number of alkyl halides is 3. The van der Waals surface area contributed by atoms with Crippen LogP contribution in [0, 0.1) is 0 Å². The number of carbonyl (C=O) groups is 1. The predicted octanol–water partition coefficient (Wildman–Crippen LogP) is 2.63. The van der Waals surface area contributed by atoms with Gasteiger partial charge in [-0.15, -0.1) is 13.2 Å². The fraction of sp³-hybridized carbons (Fsp3) is 0.350. The summed E-state index contributed by atoms with van der Waals surface area (Å²) in [5.74, 6) is -0.864. The van der Waals surface area contributed by atoms with E-state index in [0.29, 0.717) is 6.54 Å². The van der Waals surface area contributed by atoms with Crippen molar-refractivity contribution in [2.75, 3.05) is 20.6 Å². The summed E-state index contributed by atoms with van der Waals surface area (Å²) in [6.45, 7) is 0.878. The minimum Gasteiger partial charge on any atom is -0.406 e. The van der Waals surface area contributed by atoms with Gasteiger partial charge in [-0.05, 0) is 49.5 Å². The molecule has 11 heteroatoms. The molecule has 0 atom stereocenters. The second-order valence-electron chi connectivity index (χ2n) is 6.95. The molecule has 0 fully saturated rings. The lowest BCUT2D eigenvalue weighted by Crippen LogP contribution is -2.30. The van der Waals surface area contributed by atoms with Crippen molar-refractivity contribution in [1.29, 1.82) is 0 Å². The Morgan fingerprint density at radius 1 is 1.03 bits per heavy atom. The van der Waals surface area contributed by atoms with E-state index >= 15 is 0 Å². The number of sulfonamides is 1. The zero-order valence-corrected chi connectivity index (χ0v) is 17.9. The molecule has 0 heterocycles. The van der Waals surface area contributed by atoms with E-state index in [4.69, 9.17) is 0 Å². The van der Waals surface area contributed by atoms with Crippen molar-refractivity contribution >= 4 is 15.9 Å². The van der Waals surface area contributed by atoms with Gasteiger partial charge in [0.2, 0.25) is 15.9 Å². The van der Waals surface area contributed by atoms with Crippen molar-refractivity contribution in [3.8, 4) is 5.75 Å². The number of amides is 1. The van der Waals surface area contributed by atoms with E-state index in [1.54, 1.807) is 0 Å². The molecule has 0 radical (unpaired) electrons. The molecule has 0 saturated carbocycles. The van der Waals surface area contributed by atoms with E-state index in [9.17, 15) is 26.4 Å². The number of rotatable bonds is 10. The molecular formula is C20H24F3N3O4S. The Morgan fingerprint density at radius 2 is 1.65 bits per heavy atom. The molecule has 0 aliphatic heterocycles. The highest BCUT2D eigenvalue weighted by Crippen LogP contribution is 2.23. The zero-order chi connectivity index (χ0) is 23.1. The molecule has 0 spiro atoms. The first-order chi connectivity index (χ1) is 14.5. The minimum atomic E-state index is -4.86. The average Bonchev–Trinajstić information content (AvgIpc) is 2.66. The predicted molar refractivity (Wildman–Crippen MR) is 109 cm³/mol. The van der Waals surface area contributed by atoms with Gasteiger partial charge in [0.25, 0.3) is 0 Å². The molecule has 7 nitrogen and oxygen atoms in total. The summed E-state index contributed by atoms with van der Waals surface area (Å²) in [5.41, 5.74) is 2.04. The Kier molecular flexibility index (Phi) is 8.43. The molecular weight excluding hydrogens is 435 g/mol. The van der Waals surface area contributed by atoms with Crippen LogP contribution in [0.5, 0.6) is 5.75 Å². The summed E-state index contributed by atoms with van der Waals surface area (Å²) < 4.78 is 66.9. The Balaban J connectivity index is 1.84. The lowest BCUT2D eigenvalue weighted by Gasteiger charge is -2.14. The lowest BCUT2D eigenvalue weighted by atomic mass is 10.1. The molecule has 1 amide bonds. The number of benzene rings is 2. The highest BCUT2D eigenvalue weighted by Gasteiger charge is 2.31. The Hall–Kier alpha value is -2.63. The molecule has 0 saturated heterocycles. The standard InChI is InChI=1S/C20H24F3N3O4S/c1-26(2)14-16-6-4-3-5-15(16)13-24-19(27)11-12-25-31(28,29)18-9-7-17(8-10-18)30-20(21,22)23/h3-10,25H,11-14H2,1-2H3,(H,24,27). The molecule has 31 heavy (non-hydrogen) atoms. The highest BCUT2D eigenvalue weighted by molar-refractivity contribution is 7.89. The van der Waals surface area contributed by atoms with Gasteiger partial charge in [-0.1, -0.05) is 24.3 Å². The maximum atomic E-state index is 12.2. The monoisotopic (exact) mass is 459 g/mol. The van der Waals surface area contributed by atoms with E-state index in [0.717, 1.165) is 41.9 Å². The summed E-state index contributed by atoms with van der Waals surface area (Å²) in [4.78, 5) is 13.8. The van der Waals surface area contributed by atoms with Crippen molar-refractivity contribution in [1.82, 2.24) is 14.9 Å². The van der Waals surface area contributed by atoms with E-state index < -0.39 is 22.1 Å². The highest BCUT2D eigenvalue weighted by atomic mass is 32.2. The molecule has 0 aromatic heterocycles. The van der Waals surface area contributed by atoms with Crippen LogP contribution in [-0.4, -0.2) is 46.2 Å². The van der Waals surface area contributed by atoms with Gasteiger partial charge in [-0.2, -0.15) is 0 Å². The molecule has 0 aliphatic rings. The third-order valence-corrected chi connectivity index (χ3v) is 5.57. The van der Waals surface area contributed by atoms with Crippen molar-refractivity contribution in [3.63, 3.8) is 0 Å². The van der Waals surface area contributed by atoms with E-state index in [1.165, 1.54) is 0 Å². The minimum absolute atomic E-state index is 0.0929. The van der Waals surface area contributed by atoms with Crippen LogP contribution in [0.25, 0.3) is 0 Å². The number of ether oxygens (including phenoxy) is 1. The van der Waals surface area contributed by atoms with E-state index in [2.05, 4.69) is 14.8 Å². The molecule has 2 N–H and O–H groups in total. The second-order valence-corrected chi connectivity index (χ2v) is 8.72.